The number of ether oxygens (including phenoxy) is 2. The van der Waals surface area contributed by atoms with E-state index < -0.39 is 23.7 Å². The molecule has 2 aromatic rings. The molecular weight excluding hydrogens is 314 g/mol. The number of aromatic nitrogens is 1. The fourth-order valence-corrected chi connectivity index (χ4v) is 2.27. The molecule has 1 atom stereocenters. The summed E-state index contributed by atoms with van der Waals surface area (Å²) in [5.74, 6) is -1.30. The third-order valence-corrected chi connectivity index (χ3v) is 3.70. The number of oxazole rings is 1. The number of hydrogen-bond donors (Lipinski definition) is 0. The monoisotopic (exact) mass is 335 g/mol. The molecule has 2 rings (SSSR count). The average molecular weight is 335 g/mol. The van der Waals surface area contributed by atoms with Crippen LogP contribution in [0.15, 0.2) is 27.4 Å². The summed E-state index contributed by atoms with van der Waals surface area (Å²) < 4.78 is 16.2. The van der Waals surface area contributed by atoms with Gasteiger partial charge in [-0.05, 0) is 37.5 Å². The van der Waals surface area contributed by atoms with Gasteiger partial charge in [0.25, 0.3) is 0 Å². The average Bonchev–Trinajstić information content (AvgIpc) is 2.87. The van der Waals surface area contributed by atoms with Crippen LogP contribution in [0.1, 0.15) is 43.6 Å². The highest BCUT2D eigenvalue weighted by atomic mass is 16.5. The second kappa shape index (κ2) is 7.33. The Labute approximate surface area is 139 Å². The summed E-state index contributed by atoms with van der Waals surface area (Å²) in [5.41, 5.74) is 0.892. The van der Waals surface area contributed by atoms with E-state index in [1.807, 2.05) is 13.8 Å². The van der Waals surface area contributed by atoms with Gasteiger partial charge in [-0.3, -0.25) is 4.57 Å². The molecule has 0 saturated heterocycles. The van der Waals surface area contributed by atoms with Crippen LogP contribution in [0, 0.1) is 5.92 Å². The molecule has 130 valence electrons. The zero-order chi connectivity index (χ0) is 17.9. The van der Waals surface area contributed by atoms with Crippen LogP contribution < -0.4 is 5.76 Å². The molecule has 1 heterocycles. The minimum atomic E-state index is -0.824. The van der Waals surface area contributed by atoms with Crippen LogP contribution in [-0.4, -0.2) is 30.2 Å². The van der Waals surface area contributed by atoms with Gasteiger partial charge in [0.2, 0.25) is 0 Å². The Hall–Kier alpha value is -2.57. The van der Waals surface area contributed by atoms with Crippen molar-refractivity contribution in [2.45, 2.75) is 33.2 Å². The van der Waals surface area contributed by atoms with Crippen LogP contribution >= 0.6 is 0 Å². The summed E-state index contributed by atoms with van der Waals surface area (Å²) >= 11 is 0. The van der Waals surface area contributed by atoms with E-state index in [2.05, 4.69) is 4.74 Å². The maximum Gasteiger partial charge on any atom is 0.420 e. The molecule has 1 unspecified atom stereocenters. The van der Waals surface area contributed by atoms with Crippen LogP contribution in [0.25, 0.3) is 11.1 Å². The molecule has 1 aromatic heterocycles. The van der Waals surface area contributed by atoms with Crippen LogP contribution in [-0.2, 0) is 14.3 Å². The van der Waals surface area contributed by atoms with E-state index in [0.29, 0.717) is 18.0 Å². The van der Waals surface area contributed by atoms with E-state index in [1.54, 1.807) is 13.0 Å². The summed E-state index contributed by atoms with van der Waals surface area (Å²) in [6, 6.07) is 3.64. The lowest BCUT2D eigenvalue weighted by molar-refractivity contribution is -0.147. The summed E-state index contributed by atoms with van der Waals surface area (Å²) in [6.45, 7) is 5.94. The van der Waals surface area contributed by atoms with E-state index in [4.69, 9.17) is 9.15 Å². The number of fused-ring (bicyclic) bond motifs is 1. The van der Waals surface area contributed by atoms with Crippen LogP contribution in [0.5, 0.6) is 0 Å². The Bertz CT molecular complexity index is 801. The van der Waals surface area contributed by atoms with Crippen molar-refractivity contribution >= 4 is 23.0 Å². The topological polar surface area (TPSA) is 87.7 Å². The predicted molar refractivity (Wildman–Crippen MR) is 86.9 cm³/mol. The fourth-order valence-electron chi connectivity index (χ4n) is 2.27. The molecule has 0 radical (unpaired) electrons. The van der Waals surface area contributed by atoms with Crippen molar-refractivity contribution in [2.75, 3.05) is 13.7 Å². The number of nitrogens with zero attached hydrogens (tertiary/aromatic N) is 1. The molecule has 0 saturated carbocycles. The van der Waals surface area contributed by atoms with Gasteiger partial charge in [0.15, 0.2) is 5.58 Å². The largest absolute Gasteiger partial charge is 0.465 e. The molecule has 0 spiro atoms. The second-order valence-electron chi connectivity index (χ2n) is 5.94. The van der Waals surface area contributed by atoms with Crippen molar-refractivity contribution in [3.05, 3.63) is 34.3 Å². The number of rotatable bonds is 6. The zero-order valence-electron chi connectivity index (χ0n) is 14.2. The van der Waals surface area contributed by atoms with E-state index >= 15 is 0 Å². The van der Waals surface area contributed by atoms with Crippen molar-refractivity contribution < 1.29 is 23.5 Å². The minimum absolute atomic E-state index is 0.213. The maximum atomic E-state index is 12.1. The Balaban J connectivity index is 2.28. The molecule has 7 heteroatoms. The molecule has 24 heavy (non-hydrogen) atoms. The van der Waals surface area contributed by atoms with E-state index in [1.165, 1.54) is 23.8 Å². The van der Waals surface area contributed by atoms with Crippen molar-refractivity contribution in [1.29, 1.82) is 0 Å². The van der Waals surface area contributed by atoms with Crippen LogP contribution in [0.3, 0.4) is 0 Å². The van der Waals surface area contributed by atoms with Gasteiger partial charge < -0.3 is 13.9 Å². The predicted octanol–water partition coefficient (Wildman–Crippen LogP) is 2.53. The lowest BCUT2D eigenvalue weighted by Crippen LogP contribution is -2.26. The van der Waals surface area contributed by atoms with Gasteiger partial charge in [0.05, 0.1) is 24.8 Å². The SMILES string of the molecule is COC(=O)c1ccc2c(c1)oc(=O)n2C(C)C(=O)OCCC(C)C. The standard InChI is InChI=1S/C17H21NO6/c1-10(2)7-8-23-15(19)11(3)18-13-6-5-12(16(20)22-4)9-14(13)24-17(18)21/h5-6,9-11H,7-8H2,1-4H3. The number of esters is 2. The Morgan fingerprint density at radius 1 is 1.25 bits per heavy atom. The number of hydrogen-bond acceptors (Lipinski definition) is 6. The molecule has 0 N–H and O–H groups in total. The second-order valence-corrected chi connectivity index (χ2v) is 5.94. The smallest absolute Gasteiger partial charge is 0.420 e. The molecular formula is C17H21NO6. The molecule has 0 aliphatic heterocycles. The first kappa shape index (κ1) is 17.8. The van der Waals surface area contributed by atoms with E-state index in [9.17, 15) is 14.4 Å². The highest BCUT2D eigenvalue weighted by Gasteiger charge is 2.23. The van der Waals surface area contributed by atoms with Crippen LogP contribution in [0.2, 0.25) is 0 Å². The fraction of sp³-hybridized carbons (Fsp3) is 0.471. The molecule has 0 aliphatic rings. The Kier molecular flexibility index (Phi) is 5.43. The Morgan fingerprint density at radius 3 is 2.58 bits per heavy atom. The number of benzene rings is 1. The molecule has 0 amide bonds. The molecule has 1 aromatic carbocycles. The normalized spacial score (nSPS) is 12.4. The quantitative estimate of drug-likeness (QED) is 0.754. The molecule has 7 nitrogen and oxygen atoms in total. The van der Waals surface area contributed by atoms with Crippen molar-refractivity contribution in [3.8, 4) is 0 Å². The van der Waals surface area contributed by atoms with E-state index in [-0.39, 0.29) is 11.1 Å². The first-order chi connectivity index (χ1) is 11.3. The minimum Gasteiger partial charge on any atom is -0.465 e. The lowest BCUT2D eigenvalue weighted by atomic mass is 10.1. The number of carbonyl (C=O) groups is 2. The van der Waals surface area contributed by atoms with Crippen molar-refractivity contribution in [1.82, 2.24) is 4.57 Å². The van der Waals surface area contributed by atoms with Gasteiger partial charge in [-0.25, -0.2) is 14.4 Å². The highest BCUT2D eigenvalue weighted by Crippen LogP contribution is 2.20. The molecule has 0 fully saturated rings. The van der Waals surface area contributed by atoms with Gasteiger partial charge in [-0.2, -0.15) is 0 Å². The molecule has 0 aliphatic carbocycles. The third-order valence-electron chi connectivity index (χ3n) is 3.70. The number of carbonyl (C=O) groups excluding carboxylic acids is 2. The van der Waals surface area contributed by atoms with Crippen LogP contribution in [0.4, 0.5) is 0 Å². The maximum absolute atomic E-state index is 12.1. The van der Waals surface area contributed by atoms with E-state index in [0.717, 1.165) is 6.42 Å². The van der Waals surface area contributed by atoms with Gasteiger partial charge in [0, 0.05) is 0 Å². The van der Waals surface area contributed by atoms with Gasteiger partial charge in [-0.15, -0.1) is 0 Å². The summed E-state index contributed by atoms with van der Waals surface area (Å²) in [6.07, 6.45) is 0.752. The first-order valence-corrected chi connectivity index (χ1v) is 7.75. The third kappa shape index (κ3) is 3.67. The lowest BCUT2D eigenvalue weighted by Gasteiger charge is -2.13. The Morgan fingerprint density at radius 2 is 1.96 bits per heavy atom. The summed E-state index contributed by atoms with van der Waals surface area (Å²) in [4.78, 5) is 35.8. The van der Waals surface area contributed by atoms with Crippen molar-refractivity contribution in [3.63, 3.8) is 0 Å². The molecule has 0 bridgehead atoms. The first-order valence-electron chi connectivity index (χ1n) is 7.75. The van der Waals surface area contributed by atoms with Gasteiger partial charge in [-0.1, -0.05) is 13.8 Å². The summed E-state index contributed by atoms with van der Waals surface area (Å²) in [5, 5.41) is 0. The van der Waals surface area contributed by atoms with Crippen molar-refractivity contribution in [2.24, 2.45) is 5.92 Å². The summed E-state index contributed by atoms with van der Waals surface area (Å²) in [7, 11) is 1.27. The van der Waals surface area contributed by atoms with Gasteiger partial charge in [0.1, 0.15) is 6.04 Å². The number of methoxy groups -OCH3 is 1. The highest BCUT2D eigenvalue weighted by molar-refractivity contribution is 5.93. The van der Waals surface area contributed by atoms with Gasteiger partial charge >= 0.3 is 17.7 Å². The zero-order valence-corrected chi connectivity index (χ0v) is 14.2.